The maximum atomic E-state index is 4.99. The molecule has 1 fully saturated rings. The third-order valence-corrected chi connectivity index (χ3v) is 4.51. The van der Waals surface area contributed by atoms with Gasteiger partial charge < -0.3 is 20.0 Å². The molecule has 1 aromatic rings. The van der Waals surface area contributed by atoms with E-state index in [2.05, 4.69) is 46.2 Å². The van der Waals surface area contributed by atoms with Crippen LogP contribution in [0.4, 0.5) is 17.3 Å². The first-order chi connectivity index (χ1) is 10.3. The van der Waals surface area contributed by atoms with Crippen LogP contribution in [0, 0.1) is 0 Å². The lowest BCUT2D eigenvalue weighted by molar-refractivity contribution is 0.684. The summed E-state index contributed by atoms with van der Waals surface area (Å²) in [6, 6.07) is 4.44. The van der Waals surface area contributed by atoms with Gasteiger partial charge >= 0.3 is 0 Å². The Balaban J connectivity index is 1.90. The minimum atomic E-state index is 1.05. The summed E-state index contributed by atoms with van der Waals surface area (Å²) in [5.41, 5.74) is 1.26. The maximum Gasteiger partial charge on any atom is 0.154 e. The van der Waals surface area contributed by atoms with Gasteiger partial charge in [0.05, 0.1) is 5.69 Å². The van der Waals surface area contributed by atoms with Gasteiger partial charge in [0.15, 0.2) is 5.82 Å². The fourth-order valence-corrected chi connectivity index (χ4v) is 3.19. The molecule has 0 aliphatic carbocycles. The first-order valence-corrected chi connectivity index (χ1v) is 8.15. The monoisotopic (exact) mass is 289 g/mol. The average molecular weight is 289 g/mol. The molecule has 21 heavy (non-hydrogen) atoms. The Morgan fingerprint density at radius 2 is 1.71 bits per heavy atom. The topological polar surface area (TPSA) is 34.6 Å². The molecular weight excluding hydrogens is 262 g/mol. The third-order valence-electron chi connectivity index (χ3n) is 4.51. The Hall–Kier alpha value is -1.49. The number of nitrogens with zero attached hydrogens (tertiary/aromatic N) is 4. The summed E-state index contributed by atoms with van der Waals surface area (Å²) in [7, 11) is 4.34. The Bertz CT molecular complexity index is 468. The van der Waals surface area contributed by atoms with Crippen LogP contribution in [-0.2, 0) is 0 Å². The van der Waals surface area contributed by atoms with Crippen molar-refractivity contribution in [2.75, 3.05) is 68.1 Å². The van der Waals surface area contributed by atoms with Crippen LogP contribution < -0.4 is 20.0 Å². The van der Waals surface area contributed by atoms with E-state index < -0.39 is 0 Å². The summed E-state index contributed by atoms with van der Waals surface area (Å²) in [6.45, 7) is 6.52. The number of fused-ring (bicyclic) bond motifs is 1. The number of hydrogen-bond acceptors (Lipinski definition) is 5. The third kappa shape index (κ3) is 3.23. The molecule has 1 aromatic heterocycles. The van der Waals surface area contributed by atoms with E-state index >= 15 is 0 Å². The molecule has 5 heteroatoms. The minimum absolute atomic E-state index is 1.05. The SMILES string of the molecule is CN1CCCCN(C)c2nc(N3CCCNCC3)ccc21. The van der Waals surface area contributed by atoms with Gasteiger partial charge in [-0.3, -0.25) is 0 Å². The van der Waals surface area contributed by atoms with Gasteiger partial charge in [-0.05, 0) is 37.9 Å². The summed E-state index contributed by atoms with van der Waals surface area (Å²) in [6.07, 6.45) is 3.67. The molecule has 1 N–H and O–H groups in total. The molecule has 5 nitrogen and oxygen atoms in total. The molecule has 0 bridgehead atoms. The first kappa shape index (κ1) is 14.4. The van der Waals surface area contributed by atoms with Crippen molar-refractivity contribution in [2.45, 2.75) is 19.3 Å². The molecule has 0 aromatic carbocycles. The summed E-state index contributed by atoms with van der Waals surface area (Å²) in [4.78, 5) is 12.1. The normalized spacial score (nSPS) is 20.6. The molecule has 0 atom stereocenters. The number of rotatable bonds is 1. The lowest BCUT2D eigenvalue weighted by atomic mass is 10.2. The van der Waals surface area contributed by atoms with Crippen LogP contribution in [0.1, 0.15) is 19.3 Å². The molecule has 3 heterocycles. The van der Waals surface area contributed by atoms with Crippen molar-refractivity contribution < 1.29 is 0 Å². The van der Waals surface area contributed by atoms with Crippen LogP contribution in [0.25, 0.3) is 0 Å². The first-order valence-electron chi connectivity index (χ1n) is 8.15. The highest BCUT2D eigenvalue weighted by Gasteiger charge is 2.19. The number of nitrogens with one attached hydrogen (secondary N) is 1. The van der Waals surface area contributed by atoms with Gasteiger partial charge in [0, 0.05) is 46.8 Å². The van der Waals surface area contributed by atoms with Gasteiger partial charge in [-0.2, -0.15) is 0 Å². The van der Waals surface area contributed by atoms with Crippen molar-refractivity contribution in [2.24, 2.45) is 0 Å². The van der Waals surface area contributed by atoms with E-state index in [0.29, 0.717) is 0 Å². The largest absolute Gasteiger partial charge is 0.372 e. The van der Waals surface area contributed by atoms with Gasteiger partial charge in [-0.1, -0.05) is 0 Å². The smallest absolute Gasteiger partial charge is 0.154 e. The highest BCUT2D eigenvalue weighted by molar-refractivity contribution is 5.70. The number of aromatic nitrogens is 1. The van der Waals surface area contributed by atoms with Crippen molar-refractivity contribution in [3.05, 3.63) is 12.1 Å². The molecular formula is C16H27N5. The molecule has 0 saturated carbocycles. The fraction of sp³-hybridized carbons (Fsp3) is 0.688. The summed E-state index contributed by atoms with van der Waals surface area (Å²) < 4.78 is 0. The molecule has 1 saturated heterocycles. The van der Waals surface area contributed by atoms with Crippen molar-refractivity contribution in [1.29, 1.82) is 0 Å². The van der Waals surface area contributed by atoms with Crippen LogP contribution in [-0.4, -0.2) is 58.3 Å². The fourth-order valence-electron chi connectivity index (χ4n) is 3.19. The molecule has 116 valence electrons. The van der Waals surface area contributed by atoms with Crippen molar-refractivity contribution in [3.63, 3.8) is 0 Å². The molecule has 2 aliphatic rings. The molecule has 3 rings (SSSR count). The van der Waals surface area contributed by atoms with Crippen LogP contribution in [0.15, 0.2) is 12.1 Å². The Kier molecular flexibility index (Phi) is 4.48. The van der Waals surface area contributed by atoms with E-state index in [9.17, 15) is 0 Å². The molecule has 0 amide bonds. The molecule has 0 unspecified atom stereocenters. The van der Waals surface area contributed by atoms with Crippen LogP contribution in [0.3, 0.4) is 0 Å². The second-order valence-electron chi connectivity index (χ2n) is 6.15. The number of anilines is 3. The van der Waals surface area contributed by atoms with E-state index in [1.807, 2.05) is 0 Å². The lowest BCUT2D eigenvalue weighted by Gasteiger charge is -2.31. The highest BCUT2D eigenvalue weighted by Crippen LogP contribution is 2.31. The lowest BCUT2D eigenvalue weighted by Crippen LogP contribution is -2.32. The molecule has 2 aliphatic heterocycles. The zero-order valence-corrected chi connectivity index (χ0v) is 13.3. The Labute approximate surface area is 127 Å². The number of hydrogen-bond donors (Lipinski definition) is 1. The predicted octanol–water partition coefficient (Wildman–Crippen LogP) is 1.55. The Morgan fingerprint density at radius 1 is 0.905 bits per heavy atom. The quantitative estimate of drug-likeness (QED) is 0.848. The van der Waals surface area contributed by atoms with Crippen molar-refractivity contribution in [1.82, 2.24) is 10.3 Å². The van der Waals surface area contributed by atoms with Crippen LogP contribution in [0.2, 0.25) is 0 Å². The maximum absolute atomic E-state index is 4.99. The molecule has 0 spiro atoms. The van der Waals surface area contributed by atoms with E-state index in [-0.39, 0.29) is 0 Å². The van der Waals surface area contributed by atoms with E-state index in [1.165, 1.54) is 24.9 Å². The standard InChI is InChI=1S/C16H27N5/c1-19-10-3-4-11-20(2)16-14(19)6-7-15(18-16)21-12-5-8-17-9-13-21/h6-7,17H,3-5,8-13H2,1-2H3. The highest BCUT2D eigenvalue weighted by atomic mass is 15.3. The van der Waals surface area contributed by atoms with Gasteiger partial charge in [0.2, 0.25) is 0 Å². The van der Waals surface area contributed by atoms with Crippen molar-refractivity contribution in [3.8, 4) is 0 Å². The van der Waals surface area contributed by atoms with E-state index in [1.54, 1.807) is 0 Å². The summed E-state index contributed by atoms with van der Waals surface area (Å²) >= 11 is 0. The number of pyridine rings is 1. The van der Waals surface area contributed by atoms with Gasteiger partial charge in [0.1, 0.15) is 5.82 Å². The zero-order chi connectivity index (χ0) is 14.7. The minimum Gasteiger partial charge on any atom is -0.372 e. The van der Waals surface area contributed by atoms with Gasteiger partial charge in [0.25, 0.3) is 0 Å². The van der Waals surface area contributed by atoms with E-state index in [0.717, 1.165) is 50.9 Å². The van der Waals surface area contributed by atoms with Gasteiger partial charge in [-0.15, -0.1) is 0 Å². The summed E-state index contributed by atoms with van der Waals surface area (Å²) in [5, 5.41) is 3.46. The van der Waals surface area contributed by atoms with Gasteiger partial charge in [-0.25, -0.2) is 4.98 Å². The zero-order valence-electron chi connectivity index (χ0n) is 13.3. The average Bonchev–Trinajstić information content (AvgIpc) is 2.78. The molecule has 0 radical (unpaired) electrons. The van der Waals surface area contributed by atoms with Crippen molar-refractivity contribution >= 4 is 17.3 Å². The van der Waals surface area contributed by atoms with E-state index in [4.69, 9.17) is 4.98 Å². The summed E-state index contributed by atoms with van der Waals surface area (Å²) in [5.74, 6) is 2.25. The Morgan fingerprint density at radius 3 is 2.57 bits per heavy atom. The predicted molar refractivity (Wildman–Crippen MR) is 89.7 cm³/mol. The second kappa shape index (κ2) is 6.52. The van der Waals surface area contributed by atoms with Crippen LogP contribution in [0.5, 0.6) is 0 Å². The van der Waals surface area contributed by atoms with Crippen LogP contribution >= 0.6 is 0 Å². The second-order valence-corrected chi connectivity index (χ2v) is 6.15.